The summed E-state index contributed by atoms with van der Waals surface area (Å²) in [5.41, 5.74) is 2.62. The van der Waals surface area contributed by atoms with Crippen molar-refractivity contribution in [3.05, 3.63) is 65.9 Å². The molecule has 0 atom stereocenters. The number of rotatable bonds is 3. The van der Waals surface area contributed by atoms with Gasteiger partial charge in [0.25, 0.3) is 0 Å². The van der Waals surface area contributed by atoms with Crippen molar-refractivity contribution in [3.8, 4) is 17.0 Å². The van der Waals surface area contributed by atoms with Gasteiger partial charge >= 0.3 is 0 Å². The minimum atomic E-state index is 0.227. The summed E-state index contributed by atoms with van der Waals surface area (Å²) in [5, 5.41) is 13.1. The van der Waals surface area contributed by atoms with E-state index >= 15 is 0 Å². The van der Waals surface area contributed by atoms with Gasteiger partial charge < -0.3 is 10.4 Å². The second-order valence-corrected chi connectivity index (χ2v) is 4.90. The lowest BCUT2D eigenvalue weighted by Gasteiger charge is -2.07. The number of phenolic OH excluding ortho intramolecular Hbond substituents is 1. The van der Waals surface area contributed by atoms with Gasteiger partial charge in [0.2, 0.25) is 0 Å². The molecule has 3 aromatic rings. The van der Waals surface area contributed by atoms with Crippen LogP contribution in [0.1, 0.15) is 0 Å². The Labute approximate surface area is 127 Å². The molecule has 1 aromatic heterocycles. The van der Waals surface area contributed by atoms with E-state index in [1.165, 1.54) is 6.33 Å². The number of aromatic hydroxyl groups is 1. The standard InChI is InChI=1S/C16H12ClN3O/c17-12-3-1-11(2-4-12)15-9-16(19-10-18-15)20-13-5-7-14(21)8-6-13/h1-10,21H,(H,18,19,20). The highest BCUT2D eigenvalue weighted by atomic mass is 35.5. The van der Waals surface area contributed by atoms with Crippen LogP contribution in [0.3, 0.4) is 0 Å². The van der Waals surface area contributed by atoms with Crippen molar-refractivity contribution in [3.63, 3.8) is 0 Å². The first-order valence-electron chi connectivity index (χ1n) is 6.35. The van der Waals surface area contributed by atoms with Gasteiger partial charge in [-0.15, -0.1) is 0 Å². The molecule has 0 radical (unpaired) electrons. The maximum atomic E-state index is 9.27. The molecule has 0 saturated carbocycles. The molecule has 1 heterocycles. The van der Waals surface area contributed by atoms with Crippen molar-refractivity contribution >= 4 is 23.1 Å². The second-order valence-electron chi connectivity index (χ2n) is 4.47. The van der Waals surface area contributed by atoms with Gasteiger partial charge in [-0.3, -0.25) is 0 Å². The number of hydrogen-bond acceptors (Lipinski definition) is 4. The first-order chi connectivity index (χ1) is 10.2. The Morgan fingerprint density at radius 2 is 1.62 bits per heavy atom. The summed E-state index contributed by atoms with van der Waals surface area (Å²) in [5.74, 6) is 0.908. The lowest BCUT2D eigenvalue weighted by atomic mass is 10.1. The van der Waals surface area contributed by atoms with E-state index in [1.54, 1.807) is 24.3 Å². The van der Waals surface area contributed by atoms with E-state index in [-0.39, 0.29) is 5.75 Å². The topological polar surface area (TPSA) is 58.0 Å². The lowest BCUT2D eigenvalue weighted by molar-refractivity contribution is 0.475. The first-order valence-corrected chi connectivity index (χ1v) is 6.72. The van der Waals surface area contributed by atoms with Gasteiger partial charge in [-0.05, 0) is 36.4 Å². The fraction of sp³-hybridized carbons (Fsp3) is 0. The summed E-state index contributed by atoms with van der Waals surface area (Å²) in [4.78, 5) is 8.45. The van der Waals surface area contributed by atoms with Crippen LogP contribution in [0.4, 0.5) is 11.5 Å². The van der Waals surface area contributed by atoms with Gasteiger partial charge in [0.05, 0.1) is 5.69 Å². The van der Waals surface area contributed by atoms with Crippen LogP contribution in [0.15, 0.2) is 60.9 Å². The number of phenols is 1. The van der Waals surface area contributed by atoms with Crippen molar-refractivity contribution < 1.29 is 5.11 Å². The smallest absolute Gasteiger partial charge is 0.134 e. The van der Waals surface area contributed by atoms with Crippen LogP contribution in [0, 0.1) is 0 Å². The zero-order valence-corrected chi connectivity index (χ0v) is 11.7. The third-order valence-corrected chi connectivity index (χ3v) is 3.20. The molecular formula is C16H12ClN3O. The van der Waals surface area contributed by atoms with E-state index in [0.717, 1.165) is 16.9 Å². The predicted molar refractivity (Wildman–Crippen MR) is 83.9 cm³/mol. The molecule has 21 heavy (non-hydrogen) atoms. The van der Waals surface area contributed by atoms with Crippen LogP contribution in [0.5, 0.6) is 5.75 Å². The van der Waals surface area contributed by atoms with Gasteiger partial charge in [0.1, 0.15) is 17.9 Å². The number of nitrogens with one attached hydrogen (secondary N) is 1. The Kier molecular flexibility index (Phi) is 3.71. The second kappa shape index (κ2) is 5.81. The maximum Gasteiger partial charge on any atom is 0.134 e. The number of halogens is 1. The summed E-state index contributed by atoms with van der Waals surface area (Å²) in [6, 6.07) is 16.1. The fourth-order valence-corrected chi connectivity index (χ4v) is 2.02. The summed E-state index contributed by atoms with van der Waals surface area (Å²) < 4.78 is 0. The zero-order chi connectivity index (χ0) is 14.7. The number of aromatic nitrogens is 2. The Hall–Kier alpha value is -2.59. The van der Waals surface area contributed by atoms with Crippen molar-refractivity contribution in [2.24, 2.45) is 0 Å². The molecule has 0 bridgehead atoms. The molecule has 0 fully saturated rings. The molecule has 2 N–H and O–H groups in total. The van der Waals surface area contributed by atoms with E-state index in [0.29, 0.717) is 10.8 Å². The highest BCUT2D eigenvalue weighted by Crippen LogP contribution is 2.23. The molecule has 104 valence electrons. The van der Waals surface area contributed by atoms with E-state index in [4.69, 9.17) is 11.6 Å². The largest absolute Gasteiger partial charge is 0.508 e. The first kappa shape index (κ1) is 13.4. The molecule has 0 saturated heterocycles. The van der Waals surface area contributed by atoms with E-state index < -0.39 is 0 Å². The third-order valence-electron chi connectivity index (χ3n) is 2.95. The average molecular weight is 298 g/mol. The third kappa shape index (κ3) is 3.30. The van der Waals surface area contributed by atoms with Crippen LogP contribution in [0.25, 0.3) is 11.3 Å². The van der Waals surface area contributed by atoms with Crippen LogP contribution in [-0.4, -0.2) is 15.1 Å². The summed E-state index contributed by atoms with van der Waals surface area (Å²) in [6.45, 7) is 0. The molecule has 0 aliphatic heterocycles. The molecule has 2 aromatic carbocycles. The fourth-order valence-electron chi connectivity index (χ4n) is 1.90. The van der Waals surface area contributed by atoms with Crippen LogP contribution < -0.4 is 5.32 Å². The molecule has 0 spiro atoms. The summed E-state index contributed by atoms with van der Waals surface area (Å²) in [7, 11) is 0. The number of benzene rings is 2. The summed E-state index contributed by atoms with van der Waals surface area (Å²) >= 11 is 5.88. The van der Waals surface area contributed by atoms with Gasteiger partial charge in [-0.1, -0.05) is 23.7 Å². The number of nitrogens with zero attached hydrogens (tertiary/aromatic N) is 2. The van der Waals surface area contributed by atoms with Gasteiger partial charge in [-0.25, -0.2) is 9.97 Å². The van der Waals surface area contributed by atoms with Crippen molar-refractivity contribution in [1.29, 1.82) is 0 Å². The molecule has 0 aliphatic carbocycles. The normalized spacial score (nSPS) is 10.3. The van der Waals surface area contributed by atoms with Crippen molar-refractivity contribution in [2.45, 2.75) is 0 Å². The van der Waals surface area contributed by atoms with Crippen LogP contribution in [0.2, 0.25) is 5.02 Å². The van der Waals surface area contributed by atoms with E-state index in [1.807, 2.05) is 30.3 Å². The average Bonchev–Trinajstić information content (AvgIpc) is 2.51. The molecule has 0 amide bonds. The Balaban J connectivity index is 1.86. The zero-order valence-electron chi connectivity index (χ0n) is 11.0. The van der Waals surface area contributed by atoms with Crippen molar-refractivity contribution in [1.82, 2.24) is 9.97 Å². The summed E-state index contributed by atoms with van der Waals surface area (Å²) in [6.07, 6.45) is 1.51. The van der Waals surface area contributed by atoms with E-state index in [9.17, 15) is 5.11 Å². The maximum absolute atomic E-state index is 9.27. The molecule has 0 unspecified atom stereocenters. The number of anilines is 2. The Bertz CT molecular complexity index is 742. The van der Waals surface area contributed by atoms with Gasteiger partial charge in [0, 0.05) is 22.3 Å². The minimum Gasteiger partial charge on any atom is -0.508 e. The SMILES string of the molecule is Oc1ccc(Nc2cc(-c3ccc(Cl)cc3)ncn2)cc1. The Morgan fingerprint density at radius 1 is 0.905 bits per heavy atom. The Morgan fingerprint density at radius 3 is 2.33 bits per heavy atom. The highest BCUT2D eigenvalue weighted by Gasteiger charge is 2.03. The predicted octanol–water partition coefficient (Wildman–Crippen LogP) is 4.25. The lowest BCUT2D eigenvalue weighted by Crippen LogP contribution is -1.95. The van der Waals surface area contributed by atoms with Gasteiger partial charge in [0.15, 0.2) is 0 Å². The van der Waals surface area contributed by atoms with Crippen LogP contribution >= 0.6 is 11.6 Å². The monoisotopic (exact) mass is 297 g/mol. The molecule has 3 rings (SSSR count). The highest BCUT2D eigenvalue weighted by molar-refractivity contribution is 6.30. The molecule has 4 nitrogen and oxygen atoms in total. The number of hydrogen-bond donors (Lipinski definition) is 2. The van der Waals surface area contributed by atoms with Gasteiger partial charge in [-0.2, -0.15) is 0 Å². The van der Waals surface area contributed by atoms with E-state index in [2.05, 4.69) is 15.3 Å². The molecule has 0 aliphatic rings. The van der Waals surface area contributed by atoms with Crippen LogP contribution in [-0.2, 0) is 0 Å². The minimum absolute atomic E-state index is 0.227. The van der Waals surface area contributed by atoms with Crippen molar-refractivity contribution in [2.75, 3.05) is 5.32 Å². The molecular weight excluding hydrogens is 286 g/mol. The quantitative estimate of drug-likeness (QED) is 0.710. The molecule has 5 heteroatoms.